The third-order valence-corrected chi connectivity index (χ3v) is 5.48. The number of nitrogens with zero attached hydrogens (tertiary/aromatic N) is 3. The van der Waals surface area contributed by atoms with Crippen LogP contribution >= 0.6 is 0 Å². The summed E-state index contributed by atoms with van der Waals surface area (Å²) in [6, 6.07) is 4.43. The van der Waals surface area contributed by atoms with E-state index in [1.807, 2.05) is 13.0 Å². The van der Waals surface area contributed by atoms with Gasteiger partial charge in [-0.25, -0.2) is 9.78 Å². The van der Waals surface area contributed by atoms with Crippen LogP contribution < -0.4 is 10.9 Å². The highest BCUT2D eigenvalue weighted by molar-refractivity contribution is 6.07. The molecule has 1 saturated carbocycles. The van der Waals surface area contributed by atoms with Gasteiger partial charge in [0.2, 0.25) is 0 Å². The highest BCUT2D eigenvalue weighted by Crippen LogP contribution is 2.35. The molecule has 29 heavy (non-hydrogen) atoms. The lowest BCUT2D eigenvalue weighted by atomic mass is 9.98. The maximum absolute atomic E-state index is 12.6. The SMILES string of the molecule is Cc1ccc2nc(COC(=O)CCN3C(=O)NC4(CCCC4)C3=O)cc(=O)n2c1. The lowest BCUT2D eigenvalue weighted by Gasteiger charge is -2.19. The molecule has 2 aromatic rings. The van der Waals surface area contributed by atoms with Crippen LogP contribution in [0.15, 0.2) is 29.2 Å². The van der Waals surface area contributed by atoms with Crippen molar-refractivity contribution < 1.29 is 19.1 Å². The summed E-state index contributed by atoms with van der Waals surface area (Å²) in [6.45, 7) is 1.70. The standard InChI is InChI=1S/C20H22N4O5/c1-13-4-5-15-21-14(10-16(25)24(15)11-13)12-29-17(26)6-9-23-18(27)20(22-19(23)28)7-2-3-8-20/h4-5,10-11H,2-3,6-9,12H2,1H3,(H,22,28). The summed E-state index contributed by atoms with van der Waals surface area (Å²) in [4.78, 5) is 54.4. The maximum Gasteiger partial charge on any atom is 0.325 e. The van der Waals surface area contributed by atoms with Gasteiger partial charge in [0, 0.05) is 18.8 Å². The average molecular weight is 398 g/mol. The summed E-state index contributed by atoms with van der Waals surface area (Å²) >= 11 is 0. The number of fused-ring (bicyclic) bond motifs is 1. The summed E-state index contributed by atoms with van der Waals surface area (Å²) in [5, 5.41) is 2.78. The number of urea groups is 1. The van der Waals surface area contributed by atoms with Crippen molar-refractivity contribution in [3.05, 3.63) is 46.0 Å². The van der Waals surface area contributed by atoms with E-state index < -0.39 is 17.5 Å². The van der Waals surface area contributed by atoms with Gasteiger partial charge in [0.15, 0.2) is 0 Å². The smallest absolute Gasteiger partial charge is 0.325 e. The molecule has 1 saturated heterocycles. The largest absolute Gasteiger partial charge is 0.459 e. The normalized spacial score (nSPS) is 17.9. The van der Waals surface area contributed by atoms with E-state index in [9.17, 15) is 19.2 Å². The zero-order valence-corrected chi connectivity index (χ0v) is 16.1. The van der Waals surface area contributed by atoms with Gasteiger partial charge in [0.25, 0.3) is 11.5 Å². The van der Waals surface area contributed by atoms with Gasteiger partial charge in [-0.1, -0.05) is 18.9 Å². The molecule has 1 aliphatic heterocycles. The second-order valence-electron chi connectivity index (χ2n) is 7.61. The molecule has 0 radical (unpaired) electrons. The van der Waals surface area contributed by atoms with E-state index in [-0.39, 0.29) is 31.0 Å². The van der Waals surface area contributed by atoms with Crippen LogP contribution in [0.1, 0.15) is 43.4 Å². The van der Waals surface area contributed by atoms with E-state index in [4.69, 9.17) is 4.74 Å². The number of nitrogens with one attached hydrogen (secondary N) is 1. The minimum Gasteiger partial charge on any atom is -0.459 e. The van der Waals surface area contributed by atoms with E-state index in [0.717, 1.165) is 23.3 Å². The summed E-state index contributed by atoms with van der Waals surface area (Å²) in [7, 11) is 0. The lowest BCUT2D eigenvalue weighted by Crippen LogP contribution is -2.44. The Morgan fingerprint density at radius 1 is 1.24 bits per heavy atom. The lowest BCUT2D eigenvalue weighted by molar-refractivity contribution is -0.145. The molecule has 0 unspecified atom stereocenters. The molecule has 2 aromatic heterocycles. The fourth-order valence-electron chi connectivity index (χ4n) is 3.96. The first-order chi connectivity index (χ1) is 13.9. The highest BCUT2D eigenvalue weighted by atomic mass is 16.5. The molecule has 9 heteroatoms. The van der Waals surface area contributed by atoms with Gasteiger partial charge in [-0.3, -0.25) is 23.7 Å². The number of hydrogen-bond donors (Lipinski definition) is 1. The second-order valence-corrected chi connectivity index (χ2v) is 7.61. The predicted molar refractivity (Wildman–Crippen MR) is 102 cm³/mol. The third kappa shape index (κ3) is 3.59. The van der Waals surface area contributed by atoms with Gasteiger partial charge in [0.05, 0.1) is 12.1 Å². The van der Waals surface area contributed by atoms with Crippen LogP contribution in [0.4, 0.5) is 4.79 Å². The number of carbonyl (C=O) groups is 3. The Balaban J connectivity index is 1.34. The third-order valence-electron chi connectivity index (χ3n) is 5.48. The number of carbonyl (C=O) groups excluding carboxylic acids is 3. The van der Waals surface area contributed by atoms with Crippen LogP contribution in [-0.2, 0) is 20.9 Å². The van der Waals surface area contributed by atoms with E-state index in [0.29, 0.717) is 24.2 Å². The van der Waals surface area contributed by atoms with Crippen LogP contribution in [0.2, 0.25) is 0 Å². The first-order valence-corrected chi connectivity index (χ1v) is 9.67. The van der Waals surface area contributed by atoms with Gasteiger partial charge in [-0.05, 0) is 31.4 Å². The van der Waals surface area contributed by atoms with Crippen LogP contribution in [0.5, 0.6) is 0 Å². The molecule has 0 bridgehead atoms. The van der Waals surface area contributed by atoms with Crippen LogP contribution in [-0.4, -0.2) is 44.3 Å². The first-order valence-electron chi connectivity index (χ1n) is 9.67. The molecular formula is C20H22N4O5. The second kappa shape index (κ2) is 7.31. The van der Waals surface area contributed by atoms with E-state index in [2.05, 4.69) is 10.3 Å². The molecule has 0 aromatic carbocycles. The number of ether oxygens (including phenoxy) is 1. The Bertz CT molecular complexity index is 1050. The van der Waals surface area contributed by atoms with E-state index in [1.165, 1.54) is 10.5 Å². The molecule has 0 atom stereocenters. The van der Waals surface area contributed by atoms with Gasteiger partial charge in [-0.2, -0.15) is 0 Å². The summed E-state index contributed by atoms with van der Waals surface area (Å²) in [5.74, 6) is -0.823. The summed E-state index contributed by atoms with van der Waals surface area (Å²) in [6.07, 6.45) is 4.67. The zero-order valence-electron chi connectivity index (χ0n) is 16.1. The van der Waals surface area contributed by atoms with Crippen molar-refractivity contribution in [2.75, 3.05) is 6.54 Å². The minimum atomic E-state index is -0.781. The van der Waals surface area contributed by atoms with Crippen LogP contribution in [0, 0.1) is 6.92 Å². The van der Waals surface area contributed by atoms with Crippen molar-refractivity contribution in [1.82, 2.24) is 19.6 Å². The van der Waals surface area contributed by atoms with Crippen molar-refractivity contribution in [1.29, 1.82) is 0 Å². The van der Waals surface area contributed by atoms with Crippen LogP contribution in [0.25, 0.3) is 5.65 Å². The number of imide groups is 1. The fourth-order valence-corrected chi connectivity index (χ4v) is 3.96. The van der Waals surface area contributed by atoms with Crippen molar-refractivity contribution in [3.63, 3.8) is 0 Å². The molecule has 1 N–H and O–H groups in total. The Kier molecular flexibility index (Phi) is 4.81. The molecule has 3 heterocycles. The molecule has 9 nitrogen and oxygen atoms in total. The molecule has 152 valence electrons. The number of hydrogen-bond acceptors (Lipinski definition) is 6. The molecule has 4 rings (SSSR count). The Labute approximate surface area is 166 Å². The van der Waals surface area contributed by atoms with Gasteiger partial charge < -0.3 is 10.1 Å². The van der Waals surface area contributed by atoms with Crippen LogP contribution in [0.3, 0.4) is 0 Å². The Morgan fingerprint density at radius 2 is 2.00 bits per heavy atom. The van der Waals surface area contributed by atoms with E-state index >= 15 is 0 Å². The van der Waals surface area contributed by atoms with Crippen molar-refractivity contribution in [2.45, 2.75) is 51.2 Å². The van der Waals surface area contributed by atoms with Gasteiger partial charge in [0.1, 0.15) is 17.8 Å². The summed E-state index contributed by atoms with van der Waals surface area (Å²) < 4.78 is 6.61. The number of aryl methyl sites for hydroxylation is 1. The number of amides is 3. The number of esters is 1. The summed E-state index contributed by atoms with van der Waals surface area (Å²) in [5.41, 5.74) is 0.699. The molecule has 2 aliphatic rings. The molecule has 1 aliphatic carbocycles. The number of pyridine rings is 1. The highest BCUT2D eigenvalue weighted by Gasteiger charge is 2.52. The number of aromatic nitrogens is 2. The van der Waals surface area contributed by atoms with Crippen molar-refractivity contribution in [3.8, 4) is 0 Å². The van der Waals surface area contributed by atoms with Crippen molar-refractivity contribution in [2.24, 2.45) is 0 Å². The molecule has 3 amide bonds. The zero-order chi connectivity index (χ0) is 20.6. The Morgan fingerprint density at radius 3 is 2.76 bits per heavy atom. The number of rotatable bonds is 5. The predicted octanol–water partition coefficient (Wildman–Crippen LogP) is 1.30. The fraction of sp³-hybridized carbons (Fsp3) is 0.450. The minimum absolute atomic E-state index is 0.0294. The topological polar surface area (TPSA) is 110 Å². The molecular weight excluding hydrogens is 376 g/mol. The van der Waals surface area contributed by atoms with Gasteiger partial charge >= 0.3 is 12.0 Å². The van der Waals surface area contributed by atoms with Gasteiger partial charge in [-0.15, -0.1) is 0 Å². The monoisotopic (exact) mass is 398 g/mol. The quantitative estimate of drug-likeness (QED) is 0.601. The maximum atomic E-state index is 12.6. The molecule has 2 fully saturated rings. The average Bonchev–Trinajstić information content (AvgIpc) is 3.24. The van der Waals surface area contributed by atoms with E-state index in [1.54, 1.807) is 12.3 Å². The first kappa shape index (κ1) is 19.1. The Hall–Kier alpha value is -3.23. The van der Waals surface area contributed by atoms with Crippen molar-refractivity contribution >= 4 is 23.6 Å². The molecule has 1 spiro atoms.